The van der Waals surface area contributed by atoms with E-state index in [0.29, 0.717) is 6.04 Å². The summed E-state index contributed by atoms with van der Waals surface area (Å²) in [5.41, 5.74) is 1.22. The number of thiazole rings is 1. The number of aryl methyl sites for hydroxylation is 3. The van der Waals surface area contributed by atoms with Gasteiger partial charge < -0.3 is 9.88 Å². The highest BCUT2D eigenvalue weighted by Gasteiger charge is 2.04. The highest BCUT2D eigenvalue weighted by molar-refractivity contribution is 7.09. The van der Waals surface area contributed by atoms with E-state index in [1.807, 2.05) is 19.3 Å². The summed E-state index contributed by atoms with van der Waals surface area (Å²) in [5, 5.41) is 6.99. The molecule has 20 heavy (non-hydrogen) atoms. The molecule has 0 saturated carbocycles. The van der Waals surface area contributed by atoms with E-state index < -0.39 is 0 Å². The summed E-state index contributed by atoms with van der Waals surface area (Å²) in [6.45, 7) is 8.46. The normalized spacial score (nSPS) is 12.8. The lowest BCUT2D eigenvalue weighted by Gasteiger charge is -2.14. The summed E-state index contributed by atoms with van der Waals surface area (Å²) in [5.74, 6) is 1.09. The Labute approximate surface area is 125 Å². The zero-order valence-electron chi connectivity index (χ0n) is 12.6. The Hall–Kier alpha value is -1.20. The van der Waals surface area contributed by atoms with Gasteiger partial charge >= 0.3 is 0 Å². The molecule has 2 rings (SSSR count). The summed E-state index contributed by atoms with van der Waals surface area (Å²) in [7, 11) is 0. The molecule has 0 amide bonds. The summed E-state index contributed by atoms with van der Waals surface area (Å²) >= 11 is 1.77. The fraction of sp³-hybridized carbons (Fsp3) is 0.600. The number of imidazole rings is 1. The maximum absolute atomic E-state index is 4.59. The topological polar surface area (TPSA) is 42.7 Å². The molecule has 2 aromatic rings. The van der Waals surface area contributed by atoms with Crippen LogP contribution in [0.25, 0.3) is 0 Å². The monoisotopic (exact) mass is 292 g/mol. The van der Waals surface area contributed by atoms with Gasteiger partial charge in [0.05, 0.1) is 10.7 Å². The number of nitrogens with zero attached hydrogens (tertiary/aromatic N) is 3. The molecule has 5 heteroatoms. The number of hydrogen-bond donors (Lipinski definition) is 1. The maximum Gasteiger partial charge on any atom is 0.105 e. The van der Waals surface area contributed by atoms with E-state index in [0.717, 1.165) is 38.2 Å². The third kappa shape index (κ3) is 4.42. The Bertz CT molecular complexity index is 517. The summed E-state index contributed by atoms with van der Waals surface area (Å²) in [6, 6.07) is 0.515. The molecule has 0 aromatic carbocycles. The third-order valence-electron chi connectivity index (χ3n) is 3.50. The van der Waals surface area contributed by atoms with Crippen molar-refractivity contribution in [1.29, 1.82) is 0 Å². The first-order chi connectivity index (χ1) is 9.69. The third-order valence-corrected chi connectivity index (χ3v) is 4.54. The van der Waals surface area contributed by atoms with Crippen molar-refractivity contribution in [1.82, 2.24) is 19.9 Å². The second-order valence-electron chi connectivity index (χ2n) is 5.15. The molecule has 1 N–H and O–H groups in total. The van der Waals surface area contributed by atoms with Crippen LogP contribution in [0.1, 0.15) is 36.8 Å². The van der Waals surface area contributed by atoms with E-state index >= 15 is 0 Å². The Kier molecular flexibility index (Phi) is 5.73. The van der Waals surface area contributed by atoms with Gasteiger partial charge in [0.1, 0.15) is 5.82 Å². The second-order valence-corrected chi connectivity index (χ2v) is 6.09. The van der Waals surface area contributed by atoms with Crippen LogP contribution in [0.5, 0.6) is 0 Å². The van der Waals surface area contributed by atoms with Gasteiger partial charge in [0.2, 0.25) is 0 Å². The molecule has 4 nitrogen and oxygen atoms in total. The van der Waals surface area contributed by atoms with Crippen molar-refractivity contribution in [3.63, 3.8) is 0 Å². The van der Waals surface area contributed by atoms with Gasteiger partial charge in [-0.05, 0) is 26.7 Å². The van der Waals surface area contributed by atoms with E-state index in [9.17, 15) is 0 Å². The lowest BCUT2D eigenvalue weighted by Crippen LogP contribution is -2.29. The van der Waals surface area contributed by atoms with E-state index in [-0.39, 0.29) is 0 Å². The van der Waals surface area contributed by atoms with Gasteiger partial charge in [0.25, 0.3) is 0 Å². The van der Waals surface area contributed by atoms with E-state index in [1.165, 1.54) is 10.7 Å². The van der Waals surface area contributed by atoms with Crippen LogP contribution in [0.4, 0.5) is 0 Å². The zero-order valence-corrected chi connectivity index (χ0v) is 13.4. The van der Waals surface area contributed by atoms with E-state index in [2.05, 4.69) is 39.1 Å². The number of hydrogen-bond acceptors (Lipinski definition) is 4. The predicted octanol–water partition coefficient (Wildman–Crippen LogP) is 2.82. The Balaban J connectivity index is 1.65. The van der Waals surface area contributed by atoms with E-state index in [4.69, 9.17) is 0 Å². The molecular formula is C15H24N4S. The minimum atomic E-state index is 0.515. The minimum absolute atomic E-state index is 0.515. The standard InChI is InChI=1S/C15H24N4S/c1-4-15-18-14(11-20-15)5-7-16-12(2)6-9-19-10-8-17-13(19)3/h8,10-12,16H,4-7,9H2,1-3H3/t12-/m1/s1. The van der Waals surface area contributed by atoms with Crippen LogP contribution in [-0.4, -0.2) is 27.1 Å². The number of aromatic nitrogens is 3. The number of nitrogens with one attached hydrogen (secondary N) is 1. The summed E-state index contributed by atoms with van der Waals surface area (Å²) in [4.78, 5) is 8.83. The molecule has 0 radical (unpaired) electrons. The fourth-order valence-corrected chi connectivity index (χ4v) is 2.93. The zero-order chi connectivity index (χ0) is 14.4. The van der Waals surface area contributed by atoms with Crippen LogP contribution >= 0.6 is 11.3 Å². The molecule has 0 fully saturated rings. The van der Waals surface area contributed by atoms with Gasteiger partial charge in [-0.25, -0.2) is 9.97 Å². The Morgan fingerprint density at radius 3 is 2.95 bits per heavy atom. The van der Waals surface area contributed by atoms with Crippen molar-refractivity contribution in [2.45, 2.75) is 52.6 Å². The molecule has 0 bridgehead atoms. The van der Waals surface area contributed by atoms with Crippen molar-refractivity contribution in [2.75, 3.05) is 6.54 Å². The largest absolute Gasteiger partial charge is 0.335 e. The predicted molar refractivity (Wildman–Crippen MR) is 84.2 cm³/mol. The molecule has 0 aliphatic carbocycles. The molecule has 0 unspecified atom stereocenters. The summed E-state index contributed by atoms with van der Waals surface area (Å²) in [6.07, 6.45) is 7.09. The van der Waals surface area contributed by atoms with Gasteiger partial charge in [-0.15, -0.1) is 11.3 Å². The smallest absolute Gasteiger partial charge is 0.105 e. The quantitative estimate of drug-likeness (QED) is 0.813. The first-order valence-electron chi connectivity index (χ1n) is 7.33. The Morgan fingerprint density at radius 1 is 1.45 bits per heavy atom. The average Bonchev–Trinajstić information content (AvgIpc) is 3.05. The first-order valence-corrected chi connectivity index (χ1v) is 8.21. The lowest BCUT2D eigenvalue weighted by atomic mass is 10.2. The van der Waals surface area contributed by atoms with Crippen molar-refractivity contribution in [3.05, 3.63) is 34.3 Å². The maximum atomic E-state index is 4.59. The molecule has 1 atom stereocenters. The molecular weight excluding hydrogens is 268 g/mol. The van der Waals surface area contributed by atoms with Gasteiger partial charge in [-0.2, -0.15) is 0 Å². The van der Waals surface area contributed by atoms with E-state index in [1.54, 1.807) is 11.3 Å². The van der Waals surface area contributed by atoms with Crippen molar-refractivity contribution in [3.8, 4) is 0 Å². The average molecular weight is 292 g/mol. The molecule has 0 spiro atoms. The molecule has 0 saturated heterocycles. The van der Waals surface area contributed by atoms with Gasteiger partial charge in [-0.3, -0.25) is 0 Å². The first kappa shape index (κ1) is 15.2. The second kappa shape index (κ2) is 7.55. The van der Waals surface area contributed by atoms with Crippen LogP contribution in [0.15, 0.2) is 17.8 Å². The fourth-order valence-electron chi connectivity index (χ4n) is 2.15. The lowest BCUT2D eigenvalue weighted by molar-refractivity contribution is 0.474. The SMILES string of the molecule is CCc1nc(CCN[C@H](C)CCn2ccnc2C)cs1. The van der Waals surface area contributed by atoms with Crippen LogP contribution < -0.4 is 5.32 Å². The molecule has 2 heterocycles. The highest BCUT2D eigenvalue weighted by Crippen LogP contribution is 2.10. The van der Waals surface area contributed by atoms with Crippen molar-refractivity contribution < 1.29 is 0 Å². The molecule has 0 aliphatic heterocycles. The van der Waals surface area contributed by atoms with Crippen LogP contribution in [-0.2, 0) is 19.4 Å². The molecule has 0 aliphatic rings. The van der Waals surface area contributed by atoms with Gasteiger partial charge in [0.15, 0.2) is 0 Å². The minimum Gasteiger partial charge on any atom is -0.335 e. The van der Waals surface area contributed by atoms with Crippen LogP contribution in [0.2, 0.25) is 0 Å². The molecule has 110 valence electrons. The highest BCUT2D eigenvalue weighted by atomic mass is 32.1. The van der Waals surface area contributed by atoms with Gasteiger partial charge in [0, 0.05) is 43.3 Å². The number of rotatable bonds is 8. The van der Waals surface area contributed by atoms with Gasteiger partial charge in [-0.1, -0.05) is 6.92 Å². The molecule has 2 aromatic heterocycles. The summed E-state index contributed by atoms with van der Waals surface area (Å²) < 4.78 is 2.20. The Morgan fingerprint density at radius 2 is 2.30 bits per heavy atom. The van der Waals surface area contributed by atoms with Crippen LogP contribution in [0, 0.1) is 6.92 Å². The van der Waals surface area contributed by atoms with Crippen molar-refractivity contribution in [2.24, 2.45) is 0 Å². The van der Waals surface area contributed by atoms with Crippen molar-refractivity contribution >= 4 is 11.3 Å². The van der Waals surface area contributed by atoms with Crippen LogP contribution in [0.3, 0.4) is 0 Å².